The molecule has 0 saturated carbocycles. The molecule has 0 aromatic carbocycles. The summed E-state index contributed by atoms with van der Waals surface area (Å²) in [5.74, 6) is -0.396. The average Bonchev–Trinajstić information content (AvgIpc) is 2.54. The third-order valence-corrected chi connectivity index (χ3v) is 4.74. The predicted molar refractivity (Wildman–Crippen MR) is 66.6 cm³/mol. The van der Waals surface area contributed by atoms with Crippen molar-refractivity contribution >= 4 is 16.0 Å². The van der Waals surface area contributed by atoms with Gasteiger partial charge < -0.3 is 9.47 Å². The third-order valence-electron chi connectivity index (χ3n) is 2.82. The van der Waals surface area contributed by atoms with E-state index < -0.39 is 10.0 Å². The van der Waals surface area contributed by atoms with Gasteiger partial charge in [-0.1, -0.05) is 0 Å². The van der Waals surface area contributed by atoms with Crippen LogP contribution in [0.15, 0.2) is 0 Å². The van der Waals surface area contributed by atoms with Crippen LogP contribution in [0.1, 0.15) is 26.2 Å². The summed E-state index contributed by atoms with van der Waals surface area (Å²) in [6.45, 7) is 3.34. The molecule has 1 aliphatic rings. The van der Waals surface area contributed by atoms with Gasteiger partial charge in [-0.15, -0.1) is 0 Å². The van der Waals surface area contributed by atoms with Crippen LogP contribution < -0.4 is 0 Å². The van der Waals surface area contributed by atoms with E-state index in [9.17, 15) is 13.2 Å². The molecule has 1 heterocycles. The highest BCUT2D eigenvalue weighted by atomic mass is 32.2. The quantitative estimate of drug-likeness (QED) is 0.680. The van der Waals surface area contributed by atoms with Gasteiger partial charge in [0.05, 0.1) is 19.0 Å². The van der Waals surface area contributed by atoms with Gasteiger partial charge in [-0.3, -0.25) is 4.79 Å². The highest BCUT2D eigenvalue weighted by molar-refractivity contribution is 7.89. The molecule has 1 atom stereocenters. The molecule has 7 heteroatoms. The highest BCUT2D eigenvalue weighted by Crippen LogP contribution is 2.12. The molecule has 6 nitrogen and oxygen atoms in total. The molecule has 0 aromatic heterocycles. The maximum atomic E-state index is 12.1. The van der Waals surface area contributed by atoms with Crippen molar-refractivity contribution in [1.82, 2.24) is 4.31 Å². The van der Waals surface area contributed by atoms with Crippen LogP contribution in [0, 0.1) is 0 Å². The minimum atomic E-state index is -3.30. The Kier molecular flexibility index (Phi) is 6.04. The van der Waals surface area contributed by atoms with E-state index in [0.717, 1.165) is 0 Å². The smallest absolute Gasteiger partial charge is 0.305 e. The van der Waals surface area contributed by atoms with Gasteiger partial charge in [-0.05, 0) is 19.8 Å². The number of esters is 1. The number of hydrogen-bond donors (Lipinski definition) is 0. The van der Waals surface area contributed by atoms with E-state index in [2.05, 4.69) is 4.74 Å². The third kappa shape index (κ3) is 4.91. The van der Waals surface area contributed by atoms with Crippen LogP contribution in [0.25, 0.3) is 0 Å². The lowest BCUT2D eigenvalue weighted by molar-refractivity contribution is -0.140. The second kappa shape index (κ2) is 7.06. The standard InChI is InChI=1S/C11H21NO5S/c1-10-9-12(6-4-7-17-10)18(14,15)8-3-5-11(13)16-2/h10H,3-9H2,1-2H3. The number of carbonyl (C=O) groups excluding carboxylic acids is 1. The van der Waals surface area contributed by atoms with E-state index >= 15 is 0 Å². The Morgan fingerprint density at radius 2 is 2.22 bits per heavy atom. The van der Waals surface area contributed by atoms with Crippen molar-refractivity contribution < 1.29 is 22.7 Å². The van der Waals surface area contributed by atoms with Crippen LogP contribution in [0.3, 0.4) is 0 Å². The number of hydrogen-bond acceptors (Lipinski definition) is 5. The summed E-state index contributed by atoms with van der Waals surface area (Å²) in [7, 11) is -2.00. The van der Waals surface area contributed by atoms with Crippen molar-refractivity contribution in [3.8, 4) is 0 Å². The molecule has 1 saturated heterocycles. The van der Waals surface area contributed by atoms with E-state index in [0.29, 0.717) is 32.5 Å². The fourth-order valence-corrected chi connectivity index (χ4v) is 3.45. The van der Waals surface area contributed by atoms with Gasteiger partial charge in [-0.25, -0.2) is 8.42 Å². The lowest BCUT2D eigenvalue weighted by atomic mass is 10.3. The Morgan fingerprint density at radius 3 is 2.89 bits per heavy atom. The highest BCUT2D eigenvalue weighted by Gasteiger charge is 2.25. The summed E-state index contributed by atoms with van der Waals surface area (Å²) in [4.78, 5) is 10.9. The van der Waals surface area contributed by atoms with Crippen molar-refractivity contribution in [2.75, 3.05) is 32.6 Å². The summed E-state index contributed by atoms with van der Waals surface area (Å²) in [5.41, 5.74) is 0. The van der Waals surface area contributed by atoms with Gasteiger partial charge in [0.2, 0.25) is 10.0 Å². The van der Waals surface area contributed by atoms with Crippen molar-refractivity contribution in [3.63, 3.8) is 0 Å². The number of carbonyl (C=O) groups is 1. The van der Waals surface area contributed by atoms with Crippen molar-refractivity contribution in [3.05, 3.63) is 0 Å². The summed E-state index contributed by atoms with van der Waals surface area (Å²) < 4.78 is 35.5. The van der Waals surface area contributed by atoms with Crippen LogP contribution in [-0.4, -0.2) is 57.4 Å². The lowest BCUT2D eigenvalue weighted by Crippen LogP contribution is -2.37. The van der Waals surface area contributed by atoms with Gasteiger partial charge in [-0.2, -0.15) is 4.31 Å². The van der Waals surface area contributed by atoms with E-state index in [4.69, 9.17) is 4.74 Å². The Balaban J connectivity index is 2.48. The predicted octanol–water partition coefficient (Wildman–Crippen LogP) is 0.380. The van der Waals surface area contributed by atoms with Gasteiger partial charge in [0.15, 0.2) is 0 Å². The summed E-state index contributed by atoms with van der Waals surface area (Å²) in [6, 6.07) is 0. The number of nitrogens with zero attached hydrogens (tertiary/aromatic N) is 1. The zero-order chi connectivity index (χ0) is 13.6. The molecule has 0 radical (unpaired) electrons. The number of sulfonamides is 1. The van der Waals surface area contributed by atoms with Gasteiger partial charge in [0.1, 0.15) is 0 Å². The van der Waals surface area contributed by atoms with E-state index in [1.807, 2.05) is 6.92 Å². The molecule has 0 bridgehead atoms. The van der Waals surface area contributed by atoms with Crippen LogP contribution in [0.2, 0.25) is 0 Å². The van der Waals surface area contributed by atoms with Gasteiger partial charge in [0.25, 0.3) is 0 Å². The number of rotatable bonds is 5. The lowest BCUT2D eigenvalue weighted by Gasteiger charge is -2.21. The van der Waals surface area contributed by atoms with Crippen molar-refractivity contribution in [2.45, 2.75) is 32.3 Å². The molecular weight excluding hydrogens is 258 g/mol. The first-order valence-electron chi connectivity index (χ1n) is 6.12. The molecular formula is C11H21NO5S. The fraction of sp³-hybridized carbons (Fsp3) is 0.909. The Labute approximate surface area is 108 Å². The van der Waals surface area contributed by atoms with Crippen LogP contribution >= 0.6 is 0 Å². The molecule has 1 aliphatic heterocycles. The topological polar surface area (TPSA) is 72.9 Å². The monoisotopic (exact) mass is 279 g/mol. The zero-order valence-electron chi connectivity index (χ0n) is 10.9. The fourth-order valence-electron chi connectivity index (χ4n) is 1.84. The van der Waals surface area contributed by atoms with E-state index in [-0.39, 0.29) is 24.2 Å². The average molecular weight is 279 g/mol. The summed E-state index contributed by atoms with van der Waals surface area (Å²) in [6.07, 6.45) is 1.06. The number of ether oxygens (including phenoxy) is 2. The summed E-state index contributed by atoms with van der Waals surface area (Å²) >= 11 is 0. The second-order valence-corrected chi connectivity index (χ2v) is 6.48. The molecule has 18 heavy (non-hydrogen) atoms. The first-order valence-corrected chi connectivity index (χ1v) is 7.73. The van der Waals surface area contributed by atoms with Gasteiger partial charge >= 0.3 is 5.97 Å². The summed E-state index contributed by atoms with van der Waals surface area (Å²) in [5, 5.41) is 0. The van der Waals surface area contributed by atoms with E-state index in [1.54, 1.807) is 0 Å². The second-order valence-electron chi connectivity index (χ2n) is 4.39. The maximum absolute atomic E-state index is 12.1. The molecule has 0 N–H and O–H groups in total. The molecule has 106 valence electrons. The molecule has 1 unspecified atom stereocenters. The SMILES string of the molecule is COC(=O)CCCS(=O)(=O)N1CCCOC(C)C1. The normalized spacial score (nSPS) is 22.4. The Morgan fingerprint density at radius 1 is 1.50 bits per heavy atom. The largest absolute Gasteiger partial charge is 0.469 e. The van der Waals surface area contributed by atoms with Crippen molar-refractivity contribution in [2.24, 2.45) is 0 Å². The molecule has 0 amide bonds. The molecule has 0 aromatic rings. The first kappa shape index (κ1) is 15.4. The van der Waals surface area contributed by atoms with Crippen LogP contribution in [-0.2, 0) is 24.3 Å². The first-order chi connectivity index (χ1) is 8.45. The Bertz CT molecular complexity index is 368. The van der Waals surface area contributed by atoms with Crippen LogP contribution in [0.5, 0.6) is 0 Å². The maximum Gasteiger partial charge on any atom is 0.305 e. The minimum absolute atomic E-state index is 0.0190. The molecule has 0 aliphatic carbocycles. The van der Waals surface area contributed by atoms with E-state index in [1.165, 1.54) is 11.4 Å². The van der Waals surface area contributed by atoms with Gasteiger partial charge in [0, 0.05) is 26.1 Å². The van der Waals surface area contributed by atoms with Crippen molar-refractivity contribution in [1.29, 1.82) is 0 Å². The number of methoxy groups -OCH3 is 1. The zero-order valence-corrected chi connectivity index (χ0v) is 11.7. The molecule has 1 rings (SSSR count). The minimum Gasteiger partial charge on any atom is -0.469 e. The molecule has 1 fully saturated rings. The van der Waals surface area contributed by atoms with Crippen LogP contribution in [0.4, 0.5) is 0 Å². The Hall–Kier alpha value is -0.660. The molecule has 0 spiro atoms.